The van der Waals surface area contributed by atoms with Crippen LogP contribution in [0.1, 0.15) is 23.2 Å². The Morgan fingerprint density at radius 3 is 2.52 bits per heavy atom. The van der Waals surface area contributed by atoms with Crippen LogP contribution in [0.4, 0.5) is 15.8 Å². The number of benzene rings is 2. The van der Waals surface area contributed by atoms with Gasteiger partial charge in [0.15, 0.2) is 0 Å². The number of anilines is 2. The summed E-state index contributed by atoms with van der Waals surface area (Å²) < 4.78 is 13.8. The number of halogens is 2. The van der Waals surface area contributed by atoms with E-state index in [0.29, 0.717) is 16.6 Å². The van der Waals surface area contributed by atoms with E-state index < -0.39 is 11.7 Å². The molecule has 1 N–H and O–H groups in total. The molecule has 1 fully saturated rings. The fourth-order valence-electron chi connectivity index (χ4n) is 2.53. The van der Waals surface area contributed by atoms with E-state index in [1.165, 1.54) is 12.1 Å². The van der Waals surface area contributed by atoms with Crippen molar-refractivity contribution in [2.45, 2.75) is 12.8 Å². The molecule has 0 atom stereocenters. The first-order valence-electron chi connectivity index (χ1n) is 7.21. The number of nitrogens with one attached hydrogen (secondary N) is 1. The second-order valence-electron chi connectivity index (χ2n) is 5.31. The molecule has 6 heteroatoms. The van der Waals surface area contributed by atoms with Crippen molar-refractivity contribution in [3.63, 3.8) is 0 Å². The van der Waals surface area contributed by atoms with Gasteiger partial charge in [-0.15, -0.1) is 0 Å². The molecule has 0 bridgehead atoms. The van der Waals surface area contributed by atoms with Crippen LogP contribution in [0.25, 0.3) is 0 Å². The van der Waals surface area contributed by atoms with Crippen LogP contribution in [-0.2, 0) is 4.79 Å². The molecule has 2 amide bonds. The van der Waals surface area contributed by atoms with Gasteiger partial charge in [0.2, 0.25) is 5.91 Å². The molecule has 118 valence electrons. The largest absolute Gasteiger partial charge is 0.322 e. The molecule has 0 radical (unpaired) electrons. The van der Waals surface area contributed by atoms with Gasteiger partial charge in [0, 0.05) is 34.4 Å². The Hall–Kier alpha value is -2.21. The highest BCUT2D eigenvalue weighted by Gasteiger charge is 2.21. The Labute approximate surface area is 141 Å². The molecule has 1 heterocycles. The Bertz CT molecular complexity index is 741. The van der Waals surface area contributed by atoms with Crippen LogP contribution in [0.15, 0.2) is 46.9 Å². The first kappa shape index (κ1) is 15.7. The van der Waals surface area contributed by atoms with E-state index in [2.05, 4.69) is 21.2 Å². The van der Waals surface area contributed by atoms with Gasteiger partial charge in [-0.2, -0.15) is 0 Å². The number of hydrogen-bond donors (Lipinski definition) is 1. The predicted molar refractivity (Wildman–Crippen MR) is 90.1 cm³/mol. The summed E-state index contributed by atoms with van der Waals surface area (Å²) in [7, 11) is 0. The number of amides is 2. The summed E-state index contributed by atoms with van der Waals surface area (Å²) >= 11 is 3.16. The van der Waals surface area contributed by atoms with E-state index in [1.807, 2.05) is 0 Å². The zero-order valence-electron chi connectivity index (χ0n) is 12.2. The molecule has 0 saturated carbocycles. The van der Waals surface area contributed by atoms with Crippen LogP contribution in [0, 0.1) is 5.82 Å². The van der Waals surface area contributed by atoms with Crippen molar-refractivity contribution >= 4 is 39.1 Å². The molecular formula is C17H14BrFN2O2. The lowest BCUT2D eigenvalue weighted by Gasteiger charge is -2.16. The van der Waals surface area contributed by atoms with E-state index in [1.54, 1.807) is 35.2 Å². The van der Waals surface area contributed by atoms with E-state index >= 15 is 0 Å². The Morgan fingerprint density at radius 2 is 1.91 bits per heavy atom. The van der Waals surface area contributed by atoms with Crippen molar-refractivity contribution in [2.24, 2.45) is 0 Å². The standard InChI is InChI=1S/C17H14BrFN2O2/c18-12-8-11(9-13(19)10-12)17(23)20-14-3-5-15(6-4-14)21-7-1-2-16(21)22/h3-6,8-10H,1-2,7H2,(H,20,23). The van der Waals surface area contributed by atoms with Crippen LogP contribution < -0.4 is 10.2 Å². The minimum absolute atomic E-state index is 0.117. The molecule has 0 aliphatic carbocycles. The van der Waals surface area contributed by atoms with Crippen LogP contribution in [0.3, 0.4) is 0 Å². The van der Waals surface area contributed by atoms with Crippen LogP contribution in [-0.4, -0.2) is 18.4 Å². The van der Waals surface area contributed by atoms with E-state index in [-0.39, 0.29) is 11.5 Å². The topological polar surface area (TPSA) is 49.4 Å². The van der Waals surface area contributed by atoms with Gasteiger partial charge in [0.25, 0.3) is 5.91 Å². The fourth-order valence-corrected chi connectivity index (χ4v) is 3.00. The van der Waals surface area contributed by atoms with Gasteiger partial charge < -0.3 is 10.2 Å². The molecule has 0 spiro atoms. The van der Waals surface area contributed by atoms with Crippen molar-refractivity contribution in [2.75, 3.05) is 16.8 Å². The second kappa shape index (κ2) is 6.50. The molecule has 23 heavy (non-hydrogen) atoms. The Balaban J connectivity index is 1.72. The van der Waals surface area contributed by atoms with Gasteiger partial charge in [-0.05, 0) is 48.9 Å². The molecule has 2 aromatic carbocycles. The maximum absolute atomic E-state index is 13.3. The third-order valence-electron chi connectivity index (χ3n) is 3.64. The summed E-state index contributed by atoms with van der Waals surface area (Å²) in [6, 6.07) is 11.1. The van der Waals surface area contributed by atoms with Gasteiger partial charge in [-0.3, -0.25) is 9.59 Å². The summed E-state index contributed by atoms with van der Waals surface area (Å²) in [5, 5.41) is 2.71. The highest BCUT2D eigenvalue weighted by molar-refractivity contribution is 9.10. The third kappa shape index (κ3) is 3.59. The average Bonchev–Trinajstić information content (AvgIpc) is 2.93. The van der Waals surface area contributed by atoms with Crippen LogP contribution in [0.5, 0.6) is 0 Å². The van der Waals surface area contributed by atoms with Gasteiger partial charge in [0.1, 0.15) is 5.82 Å². The predicted octanol–water partition coefficient (Wildman–Crippen LogP) is 3.97. The lowest BCUT2D eigenvalue weighted by atomic mass is 10.2. The van der Waals surface area contributed by atoms with Crippen molar-refractivity contribution in [1.29, 1.82) is 0 Å². The monoisotopic (exact) mass is 376 g/mol. The van der Waals surface area contributed by atoms with Crippen molar-refractivity contribution in [3.8, 4) is 0 Å². The van der Waals surface area contributed by atoms with Gasteiger partial charge in [-0.25, -0.2) is 4.39 Å². The van der Waals surface area contributed by atoms with E-state index in [0.717, 1.165) is 18.7 Å². The van der Waals surface area contributed by atoms with Crippen LogP contribution in [0.2, 0.25) is 0 Å². The second-order valence-corrected chi connectivity index (χ2v) is 6.22. The zero-order valence-corrected chi connectivity index (χ0v) is 13.8. The van der Waals surface area contributed by atoms with Crippen molar-refractivity contribution in [1.82, 2.24) is 0 Å². The normalized spacial score (nSPS) is 14.2. The first-order valence-corrected chi connectivity index (χ1v) is 8.00. The quantitative estimate of drug-likeness (QED) is 0.880. The average molecular weight is 377 g/mol. The van der Waals surface area contributed by atoms with Crippen molar-refractivity contribution < 1.29 is 14.0 Å². The van der Waals surface area contributed by atoms with E-state index in [9.17, 15) is 14.0 Å². The highest BCUT2D eigenvalue weighted by atomic mass is 79.9. The summed E-state index contributed by atoms with van der Waals surface area (Å²) in [4.78, 5) is 25.6. The molecule has 4 nitrogen and oxygen atoms in total. The summed E-state index contributed by atoms with van der Waals surface area (Å²) in [5.74, 6) is -0.756. The molecular weight excluding hydrogens is 363 g/mol. The Kier molecular flexibility index (Phi) is 4.43. The molecule has 1 saturated heterocycles. The van der Waals surface area contributed by atoms with Crippen LogP contribution >= 0.6 is 15.9 Å². The minimum atomic E-state index is -0.479. The molecule has 2 aromatic rings. The van der Waals surface area contributed by atoms with Gasteiger partial charge in [0.05, 0.1) is 0 Å². The summed E-state index contributed by atoms with van der Waals surface area (Å²) in [6.45, 7) is 0.724. The lowest BCUT2D eigenvalue weighted by Crippen LogP contribution is -2.23. The smallest absolute Gasteiger partial charge is 0.255 e. The molecule has 0 aromatic heterocycles. The number of rotatable bonds is 3. The zero-order chi connectivity index (χ0) is 16.4. The summed E-state index contributed by atoms with van der Waals surface area (Å²) in [6.07, 6.45) is 1.44. The highest BCUT2D eigenvalue weighted by Crippen LogP contribution is 2.23. The number of hydrogen-bond acceptors (Lipinski definition) is 2. The van der Waals surface area contributed by atoms with Gasteiger partial charge in [-0.1, -0.05) is 15.9 Å². The SMILES string of the molecule is O=C(Nc1ccc(N2CCCC2=O)cc1)c1cc(F)cc(Br)c1. The number of carbonyl (C=O) groups excluding carboxylic acids is 2. The third-order valence-corrected chi connectivity index (χ3v) is 4.09. The summed E-state index contributed by atoms with van der Waals surface area (Å²) in [5.41, 5.74) is 1.64. The Morgan fingerprint density at radius 1 is 1.17 bits per heavy atom. The molecule has 3 rings (SSSR count). The molecule has 0 unspecified atom stereocenters. The van der Waals surface area contributed by atoms with Crippen molar-refractivity contribution in [3.05, 3.63) is 58.3 Å². The molecule has 1 aliphatic heterocycles. The molecule has 1 aliphatic rings. The lowest BCUT2D eigenvalue weighted by molar-refractivity contribution is -0.117. The first-order chi connectivity index (χ1) is 11.0. The maximum atomic E-state index is 13.3. The maximum Gasteiger partial charge on any atom is 0.255 e. The van der Waals surface area contributed by atoms with Gasteiger partial charge >= 0.3 is 0 Å². The minimum Gasteiger partial charge on any atom is -0.322 e. The number of carbonyl (C=O) groups is 2. The number of nitrogens with zero attached hydrogens (tertiary/aromatic N) is 1. The van der Waals surface area contributed by atoms with E-state index in [4.69, 9.17) is 0 Å². The fraction of sp³-hybridized carbons (Fsp3) is 0.176.